The van der Waals surface area contributed by atoms with Crippen LogP contribution in [0.25, 0.3) is 27.5 Å². The summed E-state index contributed by atoms with van der Waals surface area (Å²) in [6.07, 6.45) is 18.8. The number of amides is 1. The Labute approximate surface area is 320 Å². The van der Waals surface area contributed by atoms with Crippen LogP contribution in [0.2, 0.25) is 0 Å². The number of hydrogen-bond acceptors (Lipinski definition) is 9. The number of rotatable bonds is 1. The highest BCUT2D eigenvalue weighted by atomic mass is 16.7. The number of aromatic nitrogens is 2. The molecule has 2 aromatic carbocycles. The van der Waals surface area contributed by atoms with Crippen molar-refractivity contribution in [1.82, 2.24) is 9.38 Å². The first-order valence-electron chi connectivity index (χ1n) is 18.6. The van der Waals surface area contributed by atoms with Crippen molar-refractivity contribution in [3.8, 4) is 17.2 Å². The van der Waals surface area contributed by atoms with Crippen molar-refractivity contribution in [2.24, 2.45) is 11.8 Å². The minimum atomic E-state index is -1.81. The molecule has 1 amide bonds. The zero-order valence-electron chi connectivity index (χ0n) is 32.6. The first-order valence-corrected chi connectivity index (χ1v) is 18.6. The average molecular weight is 748 g/mol. The van der Waals surface area contributed by atoms with Crippen LogP contribution in [0.3, 0.4) is 0 Å². The normalized spacial score (nSPS) is 25.0. The van der Waals surface area contributed by atoms with E-state index in [0.29, 0.717) is 29.6 Å². The molecule has 11 nitrogen and oxygen atoms in total. The van der Waals surface area contributed by atoms with Gasteiger partial charge in [0.25, 0.3) is 11.7 Å². The molecule has 4 heterocycles. The second-order valence-corrected chi connectivity index (χ2v) is 15.1. The van der Waals surface area contributed by atoms with Crippen LogP contribution in [0.1, 0.15) is 88.7 Å². The number of anilines is 1. The molecule has 6 rings (SSSR count). The number of fused-ring (bicyclic) bond motifs is 2. The minimum Gasteiger partial charge on any atom is -0.507 e. The number of imidazole rings is 1. The molecule has 3 N–H and O–H groups in total. The fourth-order valence-corrected chi connectivity index (χ4v) is 7.27. The molecule has 0 saturated carbocycles. The van der Waals surface area contributed by atoms with E-state index in [2.05, 4.69) is 32.2 Å². The predicted octanol–water partition coefficient (Wildman–Crippen LogP) is 9.21. The van der Waals surface area contributed by atoms with Crippen LogP contribution in [0.15, 0.2) is 78.3 Å². The quantitative estimate of drug-likeness (QED) is 0.0984. The van der Waals surface area contributed by atoms with Crippen LogP contribution < -0.4 is 10.1 Å². The Balaban J connectivity index is 1.50. The average Bonchev–Trinajstić information content (AvgIpc) is 3.62. The number of nitrogens with one attached hydrogen (secondary N) is 1. The van der Waals surface area contributed by atoms with Gasteiger partial charge in [0.05, 0.1) is 17.2 Å². The molecule has 0 spiro atoms. The largest absolute Gasteiger partial charge is 0.507 e. The van der Waals surface area contributed by atoms with Crippen molar-refractivity contribution in [3.63, 3.8) is 0 Å². The molecule has 0 fully saturated rings. The van der Waals surface area contributed by atoms with Crippen LogP contribution >= 0.6 is 0 Å². The summed E-state index contributed by atoms with van der Waals surface area (Å²) in [6, 6.07) is 3.72. The summed E-state index contributed by atoms with van der Waals surface area (Å²) in [7, 11) is 0. The number of hydrogen-bond donors (Lipinski definition) is 3. The lowest BCUT2D eigenvalue weighted by molar-refractivity contribution is -0.144. The number of benzene rings is 2. The Morgan fingerprint density at radius 1 is 1.07 bits per heavy atom. The summed E-state index contributed by atoms with van der Waals surface area (Å²) in [4.78, 5) is 44.9. The van der Waals surface area contributed by atoms with E-state index in [9.17, 15) is 24.6 Å². The van der Waals surface area contributed by atoms with E-state index in [0.717, 1.165) is 18.4 Å². The number of pyridine rings is 1. The van der Waals surface area contributed by atoms with Crippen molar-refractivity contribution >= 4 is 50.8 Å². The lowest BCUT2D eigenvalue weighted by Gasteiger charge is -2.21. The highest BCUT2D eigenvalue weighted by Crippen LogP contribution is 2.54. The molecular weight excluding hydrogens is 698 g/mol. The van der Waals surface area contributed by atoms with Crippen molar-refractivity contribution < 1.29 is 38.8 Å². The van der Waals surface area contributed by atoms with E-state index in [-0.39, 0.29) is 62.4 Å². The molecule has 0 saturated heterocycles. The Morgan fingerprint density at radius 2 is 1.84 bits per heavy atom. The number of ether oxygens (including phenoxy) is 3. The minimum absolute atomic E-state index is 0.0354. The molecule has 2 aliphatic rings. The SMILES string of the molecule is CC(=O)O[C@@H]1C=CC/C=C/O[C@@]2(C)Oc3c(C)c(O)c4c(O)c(c5c(nc6cc(C)ccn65)c4c3C2=O)NC(=O)/C(C)=C/C=C/[C@H](C)CC(C)=CC[C@@H](C)C1. The van der Waals surface area contributed by atoms with E-state index in [1.807, 2.05) is 43.4 Å². The van der Waals surface area contributed by atoms with Gasteiger partial charge in [-0.2, -0.15) is 0 Å². The van der Waals surface area contributed by atoms with Gasteiger partial charge in [0.2, 0.25) is 0 Å². The van der Waals surface area contributed by atoms with Crippen LogP contribution in [-0.4, -0.2) is 49.1 Å². The van der Waals surface area contributed by atoms with Gasteiger partial charge in [-0.15, -0.1) is 0 Å². The van der Waals surface area contributed by atoms with Crippen LogP contribution in [0.5, 0.6) is 17.2 Å². The molecule has 2 aromatic heterocycles. The molecule has 0 radical (unpaired) electrons. The molecule has 4 atom stereocenters. The predicted molar refractivity (Wildman–Crippen MR) is 213 cm³/mol. The van der Waals surface area contributed by atoms with Gasteiger partial charge < -0.3 is 29.7 Å². The molecule has 2 aliphatic heterocycles. The van der Waals surface area contributed by atoms with Crippen molar-refractivity contribution in [2.45, 2.75) is 93.0 Å². The standard InChI is InChI=1S/C44H49N3O8/c1-24-13-12-14-28(5)43(52)46-37-38-36(45-32-23-27(4)18-19-47(32)38)33-34(40(37)50)39(49)29(6)41-35(33)42(51)44(8,55-41)53-20-11-9-10-15-31(54-30(7)48)22-26(3)17-16-25(2)21-24/h10-16,18-20,23-24,26,31,49-50H,9,17,21-22H2,1-8H3,(H,46,52)/b13-12+,15-10?,20-11+,25-16?,28-14+/t24-,26+,31+,44-/m0/s1. The van der Waals surface area contributed by atoms with E-state index in [1.165, 1.54) is 25.7 Å². The maximum absolute atomic E-state index is 14.4. The molecule has 288 valence electrons. The zero-order valence-corrected chi connectivity index (χ0v) is 32.6. The van der Waals surface area contributed by atoms with Crippen LogP contribution in [0, 0.1) is 25.7 Å². The van der Waals surface area contributed by atoms with Crippen LogP contribution in [0.4, 0.5) is 5.69 Å². The summed E-state index contributed by atoms with van der Waals surface area (Å²) in [5.41, 5.74) is 4.00. The zero-order chi connectivity index (χ0) is 39.8. The molecule has 4 aromatic rings. The van der Waals surface area contributed by atoms with Gasteiger partial charge in [-0.1, -0.05) is 49.8 Å². The van der Waals surface area contributed by atoms with E-state index < -0.39 is 29.3 Å². The summed E-state index contributed by atoms with van der Waals surface area (Å²) in [5.74, 6) is -3.37. The number of phenolic OH excluding ortho intramolecular Hbond substituents is 2. The third kappa shape index (κ3) is 7.74. The van der Waals surface area contributed by atoms with Gasteiger partial charge in [0.15, 0.2) is 5.75 Å². The second kappa shape index (κ2) is 15.5. The summed E-state index contributed by atoms with van der Waals surface area (Å²) in [5, 5.41) is 26.7. The highest BCUT2D eigenvalue weighted by molar-refractivity contribution is 6.28. The third-order valence-corrected chi connectivity index (χ3v) is 10.2. The number of Topliss-reactive ketones (excluding diaryl/α,β-unsaturated/α-hetero) is 1. The number of phenols is 2. The number of allylic oxidation sites excluding steroid dienone is 7. The van der Waals surface area contributed by atoms with Crippen LogP contribution in [-0.2, 0) is 19.1 Å². The summed E-state index contributed by atoms with van der Waals surface area (Å²) < 4.78 is 19.5. The molecule has 11 heteroatoms. The lowest BCUT2D eigenvalue weighted by Crippen LogP contribution is -2.38. The van der Waals surface area contributed by atoms with E-state index in [4.69, 9.17) is 19.2 Å². The van der Waals surface area contributed by atoms with Gasteiger partial charge >= 0.3 is 11.8 Å². The summed E-state index contributed by atoms with van der Waals surface area (Å²) in [6.45, 7) is 14.4. The van der Waals surface area contributed by atoms with Gasteiger partial charge in [0.1, 0.15) is 40.0 Å². The molecule has 0 aliphatic carbocycles. The smallest absolute Gasteiger partial charge is 0.312 e. The fraction of sp³-hybridized carbons (Fsp3) is 0.364. The van der Waals surface area contributed by atoms with Gasteiger partial charge in [-0.3, -0.25) is 18.8 Å². The van der Waals surface area contributed by atoms with E-state index >= 15 is 0 Å². The Morgan fingerprint density at radius 3 is 2.58 bits per heavy atom. The van der Waals surface area contributed by atoms with Gasteiger partial charge in [-0.05, 0) is 95.1 Å². The van der Waals surface area contributed by atoms with E-state index in [1.54, 1.807) is 36.6 Å². The Bertz CT molecular complexity index is 2380. The number of aryl methyl sites for hydroxylation is 1. The summed E-state index contributed by atoms with van der Waals surface area (Å²) >= 11 is 0. The molecule has 0 unspecified atom stereocenters. The highest BCUT2D eigenvalue weighted by Gasteiger charge is 2.49. The monoisotopic (exact) mass is 747 g/mol. The number of carbonyl (C=O) groups is 3. The number of aromatic hydroxyl groups is 2. The topological polar surface area (TPSA) is 149 Å². The first-order chi connectivity index (χ1) is 26.1. The number of nitrogens with zero attached hydrogens (tertiary/aromatic N) is 2. The number of carbonyl (C=O) groups excluding carboxylic acids is 3. The Hall–Kier alpha value is -5.84. The first kappa shape index (κ1) is 38.9. The van der Waals surface area contributed by atoms with Gasteiger partial charge in [0, 0.05) is 36.6 Å². The number of esters is 1. The maximum atomic E-state index is 14.4. The maximum Gasteiger partial charge on any atom is 0.312 e. The number of ketones is 1. The third-order valence-electron chi connectivity index (χ3n) is 10.2. The van der Waals surface area contributed by atoms with Crippen molar-refractivity contribution in [2.75, 3.05) is 5.32 Å². The Kier molecular flexibility index (Phi) is 10.9. The molecule has 55 heavy (non-hydrogen) atoms. The van der Waals surface area contributed by atoms with Gasteiger partial charge in [-0.25, -0.2) is 4.98 Å². The van der Waals surface area contributed by atoms with Crippen molar-refractivity contribution in [1.29, 1.82) is 0 Å². The second-order valence-electron chi connectivity index (χ2n) is 15.1. The van der Waals surface area contributed by atoms with Crippen molar-refractivity contribution in [3.05, 3.63) is 95.0 Å². The lowest BCUT2D eigenvalue weighted by atomic mass is 9.93. The molecule has 4 bridgehead atoms. The molecular formula is C44H49N3O8. The fourth-order valence-electron chi connectivity index (χ4n) is 7.27.